The number of non-ortho nitro benzene ring substituents is 1. The molecule has 0 aliphatic heterocycles. The molecule has 0 aliphatic carbocycles. The predicted octanol–water partition coefficient (Wildman–Crippen LogP) is 2.38. The van der Waals surface area contributed by atoms with Gasteiger partial charge in [-0.1, -0.05) is 42.5 Å². The molecule has 2 N–H and O–H groups in total. The highest BCUT2D eigenvalue weighted by atomic mass is 16.6. The Kier molecular flexibility index (Phi) is 5.82. The molecule has 0 aliphatic rings. The number of hydrogen-bond donors (Lipinski definition) is 2. The van der Waals surface area contributed by atoms with E-state index in [0.29, 0.717) is 6.42 Å². The summed E-state index contributed by atoms with van der Waals surface area (Å²) in [4.78, 5) is 22.3. The van der Waals surface area contributed by atoms with E-state index in [1.807, 2.05) is 30.3 Å². The molecule has 2 rings (SSSR count). The molecule has 6 nitrogen and oxygen atoms in total. The highest BCUT2D eigenvalue weighted by Gasteiger charge is 2.13. The van der Waals surface area contributed by atoms with Crippen LogP contribution in [0.5, 0.6) is 0 Å². The number of nitrogens with zero attached hydrogens (tertiary/aromatic N) is 1. The Hall–Kier alpha value is -2.73. The van der Waals surface area contributed by atoms with Crippen LogP contribution in [0.25, 0.3) is 0 Å². The van der Waals surface area contributed by atoms with Gasteiger partial charge in [0.25, 0.3) is 5.69 Å². The van der Waals surface area contributed by atoms with Crippen molar-refractivity contribution in [2.75, 3.05) is 6.61 Å². The number of carbonyl (C=O) groups is 1. The first-order chi connectivity index (χ1) is 11.1. The van der Waals surface area contributed by atoms with Gasteiger partial charge in [-0.25, -0.2) is 0 Å². The van der Waals surface area contributed by atoms with Crippen LogP contribution in [-0.2, 0) is 11.2 Å². The van der Waals surface area contributed by atoms with Gasteiger partial charge >= 0.3 is 0 Å². The highest BCUT2D eigenvalue weighted by Crippen LogP contribution is 2.15. The van der Waals surface area contributed by atoms with Crippen LogP contribution in [0.4, 0.5) is 5.69 Å². The predicted molar refractivity (Wildman–Crippen MR) is 85.8 cm³/mol. The number of nitro groups is 1. The molecule has 0 heterocycles. The van der Waals surface area contributed by atoms with Crippen molar-refractivity contribution in [3.05, 3.63) is 75.8 Å². The van der Waals surface area contributed by atoms with E-state index < -0.39 is 11.0 Å². The van der Waals surface area contributed by atoms with Crippen LogP contribution in [-0.4, -0.2) is 22.5 Å². The van der Waals surface area contributed by atoms with E-state index >= 15 is 0 Å². The minimum Gasteiger partial charge on any atom is -0.394 e. The second-order valence-electron chi connectivity index (χ2n) is 5.14. The van der Waals surface area contributed by atoms with Crippen molar-refractivity contribution < 1.29 is 14.8 Å². The summed E-state index contributed by atoms with van der Waals surface area (Å²) in [6.45, 7) is -0.188. The summed E-state index contributed by atoms with van der Waals surface area (Å²) in [5, 5.41) is 22.9. The zero-order valence-electron chi connectivity index (χ0n) is 12.5. The lowest BCUT2D eigenvalue weighted by molar-refractivity contribution is -0.384. The molecule has 0 radical (unpaired) electrons. The van der Waals surface area contributed by atoms with Crippen LogP contribution < -0.4 is 5.32 Å². The normalized spacial score (nSPS) is 11.7. The molecule has 23 heavy (non-hydrogen) atoms. The quantitative estimate of drug-likeness (QED) is 0.606. The van der Waals surface area contributed by atoms with Crippen molar-refractivity contribution in [2.24, 2.45) is 0 Å². The summed E-state index contributed by atoms with van der Waals surface area (Å²) in [5.41, 5.74) is 1.58. The third-order valence-electron chi connectivity index (χ3n) is 3.48. The molecule has 6 heteroatoms. The van der Waals surface area contributed by atoms with Gasteiger partial charge in [-0.05, 0) is 17.5 Å². The standard InChI is InChI=1S/C17H18N2O4/c20-12-16(14-6-2-1-3-7-14)18-17(21)10-9-13-5-4-8-15(11-13)19(22)23/h1-8,11,16,20H,9-10,12H2,(H,18,21). The largest absolute Gasteiger partial charge is 0.394 e. The number of nitrogens with one attached hydrogen (secondary N) is 1. The first-order valence-corrected chi connectivity index (χ1v) is 7.28. The molecule has 0 aromatic heterocycles. The SMILES string of the molecule is O=C(CCc1cccc([N+](=O)[O-])c1)NC(CO)c1ccccc1. The van der Waals surface area contributed by atoms with E-state index in [-0.39, 0.29) is 24.6 Å². The Labute approximate surface area is 133 Å². The third-order valence-corrected chi connectivity index (χ3v) is 3.48. The lowest BCUT2D eigenvalue weighted by Gasteiger charge is -2.16. The molecule has 0 saturated carbocycles. The molecular formula is C17H18N2O4. The van der Waals surface area contributed by atoms with Gasteiger partial charge in [0.15, 0.2) is 0 Å². The third kappa shape index (κ3) is 4.89. The first-order valence-electron chi connectivity index (χ1n) is 7.28. The van der Waals surface area contributed by atoms with Gasteiger partial charge in [-0.3, -0.25) is 14.9 Å². The van der Waals surface area contributed by atoms with Crippen molar-refractivity contribution in [3.63, 3.8) is 0 Å². The summed E-state index contributed by atoms with van der Waals surface area (Å²) in [6.07, 6.45) is 0.602. The van der Waals surface area contributed by atoms with E-state index in [1.165, 1.54) is 12.1 Å². The van der Waals surface area contributed by atoms with E-state index in [9.17, 15) is 20.0 Å². The number of aliphatic hydroxyl groups excluding tert-OH is 1. The second kappa shape index (κ2) is 8.05. The average Bonchev–Trinajstić information content (AvgIpc) is 2.59. The fourth-order valence-electron chi connectivity index (χ4n) is 2.27. The summed E-state index contributed by atoms with van der Waals surface area (Å²) in [6, 6.07) is 15.0. The van der Waals surface area contributed by atoms with Crippen molar-refractivity contribution >= 4 is 11.6 Å². The van der Waals surface area contributed by atoms with Gasteiger partial charge in [0, 0.05) is 18.6 Å². The van der Waals surface area contributed by atoms with Gasteiger partial charge < -0.3 is 10.4 Å². The maximum absolute atomic E-state index is 12.0. The molecule has 2 aromatic carbocycles. The van der Waals surface area contributed by atoms with Gasteiger partial charge in [0.05, 0.1) is 17.6 Å². The molecule has 0 bridgehead atoms. The molecule has 1 unspecified atom stereocenters. The molecule has 120 valence electrons. The number of aliphatic hydroxyl groups is 1. The van der Waals surface area contributed by atoms with Gasteiger partial charge in [-0.2, -0.15) is 0 Å². The van der Waals surface area contributed by atoms with E-state index in [2.05, 4.69) is 5.32 Å². The molecule has 0 saturated heterocycles. The number of rotatable bonds is 7. The molecule has 0 fully saturated rings. The minimum absolute atomic E-state index is 0.0143. The zero-order valence-corrected chi connectivity index (χ0v) is 12.5. The van der Waals surface area contributed by atoms with Crippen molar-refractivity contribution in [1.82, 2.24) is 5.32 Å². The van der Waals surface area contributed by atoms with Crippen molar-refractivity contribution in [1.29, 1.82) is 0 Å². The van der Waals surface area contributed by atoms with Gasteiger partial charge in [0.1, 0.15) is 0 Å². The topological polar surface area (TPSA) is 92.5 Å². The molecule has 1 atom stereocenters. The van der Waals surface area contributed by atoms with E-state index in [4.69, 9.17) is 0 Å². The lowest BCUT2D eigenvalue weighted by atomic mass is 10.1. The lowest BCUT2D eigenvalue weighted by Crippen LogP contribution is -2.30. The fourth-order valence-corrected chi connectivity index (χ4v) is 2.27. The first kappa shape index (κ1) is 16.6. The highest BCUT2D eigenvalue weighted by molar-refractivity contribution is 5.76. The molecule has 0 spiro atoms. The Bertz CT molecular complexity index is 673. The fraction of sp³-hybridized carbons (Fsp3) is 0.235. The number of amides is 1. The van der Waals surface area contributed by atoms with Gasteiger partial charge in [-0.15, -0.1) is 0 Å². The smallest absolute Gasteiger partial charge is 0.269 e. The summed E-state index contributed by atoms with van der Waals surface area (Å²) in [7, 11) is 0. The van der Waals surface area contributed by atoms with E-state index in [0.717, 1.165) is 11.1 Å². The number of nitro benzene ring substituents is 1. The zero-order chi connectivity index (χ0) is 16.7. The molecule has 2 aromatic rings. The second-order valence-corrected chi connectivity index (χ2v) is 5.14. The van der Waals surface area contributed by atoms with Crippen LogP contribution in [0, 0.1) is 10.1 Å². The summed E-state index contributed by atoms with van der Waals surface area (Å²) in [5.74, 6) is -0.209. The molecular weight excluding hydrogens is 296 g/mol. The van der Waals surface area contributed by atoms with Crippen LogP contribution in [0.1, 0.15) is 23.6 Å². The van der Waals surface area contributed by atoms with Crippen LogP contribution in [0.2, 0.25) is 0 Å². The average molecular weight is 314 g/mol. The Morgan fingerprint density at radius 1 is 1.17 bits per heavy atom. The van der Waals surface area contributed by atoms with Crippen LogP contribution >= 0.6 is 0 Å². The monoisotopic (exact) mass is 314 g/mol. The maximum atomic E-state index is 12.0. The maximum Gasteiger partial charge on any atom is 0.269 e. The Balaban J connectivity index is 1.92. The van der Waals surface area contributed by atoms with Crippen molar-refractivity contribution in [3.8, 4) is 0 Å². The molecule has 1 amide bonds. The van der Waals surface area contributed by atoms with Crippen LogP contribution in [0.3, 0.4) is 0 Å². The number of aryl methyl sites for hydroxylation is 1. The minimum atomic E-state index is -0.458. The number of carbonyl (C=O) groups excluding carboxylic acids is 1. The Morgan fingerprint density at radius 3 is 2.57 bits per heavy atom. The Morgan fingerprint density at radius 2 is 1.91 bits per heavy atom. The van der Waals surface area contributed by atoms with Crippen molar-refractivity contribution in [2.45, 2.75) is 18.9 Å². The van der Waals surface area contributed by atoms with Crippen LogP contribution in [0.15, 0.2) is 54.6 Å². The summed E-state index contributed by atoms with van der Waals surface area (Å²) >= 11 is 0. The van der Waals surface area contributed by atoms with Gasteiger partial charge in [0.2, 0.25) is 5.91 Å². The number of hydrogen-bond acceptors (Lipinski definition) is 4. The summed E-state index contributed by atoms with van der Waals surface area (Å²) < 4.78 is 0. The number of benzene rings is 2. The van der Waals surface area contributed by atoms with E-state index in [1.54, 1.807) is 12.1 Å².